The van der Waals surface area contributed by atoms with Gasteiger partial charge in [0.1, 0.15) is 5.69 Å². The molecule has 1 aliphatic heterocycles. The van der Waals surface area contributed by atoms with Gasteiger partial charge in [0.05, 0.1) is 22.2 Å². The van der Waals surface area contributed by atoms with Crippen LogP contribution in [0.3, 0.4) is 0 Å². The average Bonchev–Trinajstić information content (AvgIpc) is 3.79. The Morgan fingerprint density at radius 1 is 0.517 bits per heavy atom. The molecule has 0 saturated heterocycles. The van der Waals surface area contributed by atoms with E-state index < -0.39 is 28.7 Å². The minimum absolute atomic E-state index is 0.244. The summed E-state index contributed by atoms with van der Waals surface area (Å²) in [5.41, 5.74) is 11.6. The van der Waals surface area contributed by atoms with Crippen molar-refractivity contribution in [2.45, 2.75) is 12.8 Å². The number of nitrogens with zero attached hydrogens (tertiary/aromatic N) is 3. The molecule has 11 rings (SSSR count). The van der Waals surface area contributed by atoms with Crippen molar-refractivity contribution in [3.05, 3.63) is 175 Å². The topological polar surface area (TPSA) is 114 Å². The lowest BCUT2D eigenvalue weighted by molar-refractivity contribution is 0.327. The number of para-hydroxylation sites is 2. The SMILES string of the molecule is C=C1/C=C(n2c3c(c4cc(-c5ccc6c(c5)c5ccccc5n6-c5c(O)c(O)c(O)c(O)c5O)ccc42)C=CCC3)\C=C/N(c2ccccc2)c2c1ccc1ccccc21. The zero-order chi connectivity index (χ0) is 40.8. The summed E-state index contributed by atoms with van der Waals surface area (Å²) in [6, 6.07) is 43.3. The summed E-state index contributed by atoms with van der Waals surface area (Å²) in [7, 11) is 0. The number of aromatic hydroxyl groups is 5. The fourth-order valence-corrected chi connectivity index (χ4v) is 9.22. The number of rotatable bonds is 4. The van der Waals surface area contributed by atoms with Crippen LogP contribution in [0.5, 0.6) is 28.7 Å². The van der Waals surface area contributed by atoms with Crippen molar-refractivity contribution in [3.63, 3.8) is 0 Å². The van der Waals surface area contributed by atoms with E-state index in [0.29, 0.717) is 11.0 Å². The quantitative estimate of drug-likeness (QED) is 0.0897. The van der Waals surface area contributed by atoms with Crippen molar-refractivity contribution < 1.29 is 25.5 Å². The molecule has 1 aliphatic carbocycles. The number of phenolic OH excluding ortho intramolecular Hbond substituents is 5. The lowest BCUT2D eigenvalue weighted by Crippen LogP contribution is -2.13. The predicted molar refractivity (Wildman–Crippen MR) is 242 cm³/mol. The van der Waals surface area contributed by atoms with Gasteiger partial charge in [0.25, 0.3) is 0 Å². The molecule has 2 aromatic heterocycles. The van der Waals surface area contributed by atoms with Crippen LogP contribution in [-0.2, 0) is 6.42 Å². The van der Waals surface area contributed by atoms with Gasteiger partial charge >= 0.3 is 0 Å². The summed E-state index contributed by atoms with van der Waals surface area (Å²) in [6.45, 7) is 4.66. The highest BCUT2D eigenvalue weighted by Gasteiger charge is 2.28. The van der Waals surface area contributed by atoms with Gasteiger partial charge in [-0.2, -0.15) is 0 Å². The van der Waals surface area contributed by atoms with Gasteiger partial charge in [0.2, 0.25) is 17.2 Å². The summed E-state index contributed by atoms with van der Waals surface area (Å²) < 4.78 is 3.96. The molecule has 5 N–H and O–H groups in total. The molecule has 0 atom stereocenters. The van der Waals surface area contributed by atoms with Gasteiger partial charge in [-0.3, -0.25) is 0 Å². The molecule has 290 valence electrons. The average molecular weight is 784 g/mol. The Balaban J connectivity index is 1.08. The summed E-state index contributed by atoms with van der Waals surface area (Å²) in [5, 5.41) is 58.0. The molecule has 0 fully saturated rings. The van der Waals surface area contributed by atoms with Gasteiger partial charge in [-0.15, -0.1) is 0 Å². The summed E-state index contributed by atoms with van der Waals surface area (Å²) in [4.78, 5) is 2.27. The molecule has 9 aromatic rings. The molecule has 60 heavy (non-hydrogen) atoms. The number of fused-ring (bicyclic) bond motifs is 9. The van der Waals surface area contributed by atoms with Crippen LogP contribution in [0.25, 0.3) is 77.6 Å². The molecular formula is C52H37N3O5. The van der Waals surface area contributed by atoms with Crippen LogP contribution in [0.1, 0.15) is 23.2 Å². The summed E-state index contributed by atoms with van der Waals surface area (Å²) in [5.74, 6) is -4.38. The molecule has 0 bridgehead atoms. The Morgan fingerprint density at radius 2 is 1.15 bits per heavy atom. The van der Waals surface area contributed by atoms with E-state index in [1.165, 1.54) is 11.3 Å². The van der Waals surface area contributed by atoms with E-state index in [2.05, 4.69) is 131 Å². The first-order valence-corrected chi connectivity index (χ1v) is 19.8. The molecule has 0 amide bonds. The fraction of sp³-hybridized carbons (Fsp3) is 0.0385. The molecule has 2 aliphatic rings. The van der Waals surface area contributed by atoms with Crippen molar-refractivity contribution >= 4 is 72.2 Å². The fourth-order valence-electron chi connectivity index (χ4n) is 9.22. The maximum atomic E-state index is 11.0. The Morgan fingerprint density at radius 3 is 1.92 bits per heavy atom. The monoisotopic (exact) mass is 783 g/mol. The van der Waals surface area contributed by atoms with E-state index in [1.807, 2.05) is 42.5 Å². The molecule has 0 saturated carbocycles. The third-order valence-corrected chi connectivity index (χ3v) is 12.0. The molecule has 7 aromatic carbocycles. The van der Waals surface area contributed by atoms with Crippen LogP contribution in [0.4, 0.5) is 11.4 Å². The van der Waals surface area contributed by atoms with Crippen molar-refractivity contribution in [2.24, 2.45) is 0 Å². The Labute approximate surface area is 344 Å². The van der Waals surface area contributed by atoms with Gasteiger partial charge in [0, 0.05) is 56.0 Å². The number of hydrogen-bond donors (Lipinski definition) is 5. The highest BCUT2D eigenvalue weighted by Crippen LogP contribution is 2.54. The van der Waals surface area contributed by atoms with Gasteiger partial charge in [-0.25, -0.2) is 0 Å². The maximum Gasteiger partial charge on any atom is 0.208 e. The molecule has 0 unspecified atom stereocenters. The first-order chi connectivity index (χ1) is 29.3. The zero-order valence-electron chi connectivity index (χ0n) is 32.2. The van der Waals surface area contributed by atoms with Crippen LogP contribution >= 0.6 is 0 Å². The molecule has 0 radical (unpaired) electrons. The standard InChI is InChI=1S/C52H37N3O5/c1-30-27-35(25-26-53(34-12-3-2-4-13-34)46-36(30)22-19-31-11-5-6-14-37(31)46)54-42-17-9-7-15-38(42)40-28-32(20-23-44(40)54)33-21-24-45-41(29-33)39-16-8-10-18-43(39)55(45)47-48(56)50(58)52(60)51(59)49(47)57/h2-8,10-16,18-29,56-60H,1,9,17H2/b26-25-,35-27+. The second kappa shape index (κ2) is 13.2. The van der Waals surface area contributed by atoms with Gasteiger partial charge in [0.15, 0.2) is 11.5 Å². The van der Waals surface area contributed by atoms with E-state index in [0.717, 1.165) is 84.6 Å². The minimum Gasteiger partial charge on any atom is -0.503 e. The van der Waals surface area contributed by atoms with E-state index in [1.54, 1.807) is 4.57 Å². The highest BCUT2D eigenvalue weighted by atomic mass is 16.4. The summed E-state index contributed by atoms with van der Waals surface area (Å²) in [6.07, 6.45) is 12.9. The predicted octanol–water partition coefficient (Wildman–Crippen LogP) is 12.3. The lowest BCUT2D eigenvalue weighted by atomic mass is 9.96. The first kappa shape index (κ1) is 35.1. The third kappa shape index (κ3) is 5.10. The van der Waals surface area contributed by atoms with Crippen LogP contribution in [0.15, 0.2) is 158 Å². The van der Waals surface area contributed by atoms with E-state index in [9.17, 15) is 25.5 Å². The molecule has 8 heteroatoms. The molecule has 8 nitrogen and oxygen atoms in total. The van der Waals surface area contributed by atoms with Crippen molar-refractivity contribution in [2.75, 3.05) is 4.90 Å². The Hall–Kier alpha value is -8.10. The van der Waals surface area contributed by atoms with E-state index in [4.69, 9.17) is 0 Å². The number of anilines is 2. The van der Waals surface area contributed by atoms with Gasteiger partial charge in [-0.05, 0) is 89.5 Å². The van der Waals surface area contributed by atoms with Crippen LogP contribution < -0.4 is 4.90 Å². The minimum atomic E-state index is -1.00. The highest BCUT2D eigenvalue weighted by molar-refractivity contribution is 6.12. The molecule has 3 heterocycles. The van der Waals surface area contributed by atoms with E-state index in [-0.39, 0.29) is 5.69 Å². The second-order valence-corrected chi connectivity index (χ2v) is 15.3. The molecule has 0 spiro atoms. The number of benzene rings is 7. The summed E-state index contributed by atoms with van der Waals surface area (Å²) >= 11 is 0. The van der Waals surface area contributed by atoms with Crippen LogP contribution in [0, 0.1) is 0 Å². The Bertz CT molecular complexity index is 3370. The maximum absolute atomic E-state index is 11.0. The van der Waals surface area contributed by atoms with Crippen LogP contribution in [0.2, 0.25) is 0 Å². The van der Waals surface area contributed by atoms with Crippen LogP contribution in [-0.4, -0.2) is 34.7 Å². The van der Waals surface area contributed by atoms with Gasteiger partial charge in [-0.1, -0.05) is 104 Å². The second-order valence-electron chi connectivity index (χ2n) is 15.3. The number of allylic oxidation sites excluding steroid dienone is 5. The first-order valence-electron chi connectivity index (χ1n) is 19.8. The number of hydrogen-bond acceptors (Lipinski definition) is 6. The number of aromatic nitrogens is 2. The van der Waals surface area contributed by atoms with Crippen molar-refractivity contribution in [3.8, 4) is 45.6 Å². The smallest absolute Gasteiger partial charge is 0.208 e. The molecular weight excluding hydrogens is 747 g/mol. The number of phenols is 5. The largest absolute Gasteiger partial charge is 0.503 e. The zero-order valence-corrected chi connectivity index (χ0v) is 32.2. The van der Waals surface area contributed by atoms with Crippen molar-refractivity contribution in [1.29, 1.82) is 0 Å². The lowest BCUT2D eigenvalue weighted by Gasteiger charge is -2.28. The van der Waals surface area contributed by atoms with Crippen molar-refractivity contribution in [1.82, 2.24) is 9.13 Å². The Kier molecular flexibility index (Phi) is 7.73. The van der Waals surface area contributed by atoms with E-state index >= 15 is 0 Å². The normalized spacial score (nSPS) is 15.2. The third-order valence-electron chi connectivity index (χ3n) is 12.0. The van der Waals surface area contributed by atoms with Gasteiger partial charge < -0.3 is 39.6 Å².